The number of halogens is 2. The molecular weight excluding hydrogens is 379 g/mol. The summed E-state index contributed by atoms with van der Waals surface area (Å²) >= 11 is 6.49. The molecule has 2 aromatic carbocycles. The minimum absolute atomic E-state index is 0.266. The van der Waals surface area contributed by atoms with Gasteiger partial charge in [0, 0.05) is 6.54 Å². The van der Waals surface area contributed by atoms with Gasteiger partial charge in [0.05, 0.1) is 11.6 Å². The zero-order chi connectivity index (χ0) is 19.8. The Bertz CT molecular complexity index is 749. The molecule has 28 heavy (non-hydrogen) atoms. The standard InChI is InChI=1S/C22H28ClFN2O2/c1-2-27-21-12-18(14-26-13-16-7-9-25-10-8-16)11-20(23)22(21)28-15-17-3-5-19(24)6-4-17/h3-6,11-12,16,25-26H,2,7-10,13-15H2,1H3. The average Bonchev–Trinajstić information content (AvgIpc) is 2.70. The van der Waals surface area contributed by atoms with Gasteiger partial charge < -0.3 is 20.1 Å². The SMILES string of the molecule is CCOc1cc(CNCC2CCNCC2)cc(Cl)c1OCc1ccc(F)cc1. The summed E-state index contributed by atoms with van der Waals surface area (Å²) < 4.78 is 24.7. The molecule has 1 aliphatic heterocycles. The quantitative estimate of drug-likeness (QED) is 0.641. The van der Waals surface area contributed by atoms with Crippen molar-refractivity contribution in [1.82, 2.24) is 10.6 Å². The summed E-state index contributed by atoms with van der Waals surface area (Å²) in [6, 6.07) is 10.1. The molecule has 1 aliphatic rings. The van der Waals surface area contributed by atoms with Gasteiger partial charge >= 0.3 is 0 Å². The Hall–Kier alpha value is -1.82. The predicted octanol–water partition coefficient (Wildman–Crippen LogP) is 4.55. The summed E-state index contributed by atoms with van der Waals surface area (Å²) in [5.74, 6) is 1.62. The second kappa shape index (κ2) is 10.6. The minimum Gasteiger partial charge on any atom is -0.490 e. The molecule has 0 amide bonds. The van der Waals surface area contributed by atoms with Crippen LogP contribution in [0.3, 0.4) is 0 Å². The highest BCUT2D eigenvalue weighted by atomic mass is 35.5. The van der Waals surface area contributed by atoms with Crippen LogP contribution in [-0.4, -0.2) is 26.2 Å². The molecule has 0 unspecified atom stereocenters. The van der Waals surface area contributed by atoms with Crippen molar-refractivity contribution in [2.24, 2.45) is 5.92 Å². The molecule has 0 bridgehead atoms. The third kappa shape index (κ3) is 6.09. The first-order valence-electron chi connectivity index (χ1n) is 9.89. The summed E-state index contributed by atoms with van der Waals surface area (Å²) in [5.41, 5.74) is 1.93. The Labute approximate surface area is 171 Å². The first kappa shape index (κ1) is 20.9. The lowest BCUT2D eigenvalue weighted by atomic mass is 9.98. The number of nitrogens with one attached hydrogen (secondary N) is 2. The highest BCUT2D eigenvalue weighted by molar-refractivity contribution is 6.32. The van der Waals surface area contributed by atoms with Crippen LogP contribution in [0.1, 0.15) is 30.9 Å². The van der Waals surface area contributed by atoms with Crippen molar-refractivity contribution in [3.63, 3.8) is 0 Å². The van der Waals surface area contributed by atoms with Crippen molar-refractivity contribution < 1.29 is 13.9 Å². The van der Waals surface area contributed by atoms with Crippen LogP contribution in [0, 0.1) is 11.7 Å². The van der Waals surface area contributed by atoms with Gasteiger partial charge in [-0.25, -0.2) is 4.39 Å². The van der Waals surface area contributed by atoms with Gasteiger partial charge in [-0.1, -0.05) is 23.7 Å². The molecule has 0 atom stereocenters. The van der Waals surface area contributed by atoms with E-state index < -0.39 is 0 Å². The van der Waals surface area contributed by atoms with Crippen LogP contribution in [0.5, 0.6) is 11.5 Å². The Morgan fingerprint density at radius 2 is 1.86 bits per heavy atom. The van der Waals surface area contributed by atoms with Crippen molar-refractivity contribution in [1.29, 1.82) is 0 Å². The Morgan fingerprint density at radius 1 is 1.11 bits per heavy atom. The monoisotopic (exact) mass is 406 g/mol. The van der Waals surface area contributed by atoms with Gasteiger partial charge in [-0.05, 0) is 80.7 Å². The van der Waals surface area contributed by atoms with E-state index >= 15 is 0 Å². The second-order valence-corrected chi connectivity index (χ2v) is 7.48. The van der Waals surface area contributed by atoms with Gasteiger partial charge in [-0.3, -0.25) is 0 Å². The van der Waals surface area contributed by atoms with E-state index in [1.807, 2.05) is 19.1 Å². The van der Waals surface area contributed by atoms with E-state index in [0.29, 0.717) is 29.7 Å². The number of piperidine rings is 1. The van der Waals surface area contributed by atoms with Crippen molar-refractivity contribution in [3.8, 4) is 11.5 Å². The molecule has 4 nitrogen and oxygen atoms in total. The third-order valence-electron chi connectivity index (χ3n) is 4.89. The minimum atomic E-state index is -0.266. The fourth-order valence-electron chi connectivity index (χ4n) is 3.37. The number of ether oxygens (including phenoxy) is 2. The first-order valence-corrected chi connectivity index (χ1v) is 10.3. The van der Waals surface area contributed by atoms with Crippen molar-refractivity contribution in [2.45, 2.75) is 32.9 Å². The van der Waals surface area contributed by atoms with Gasteiger partial charge in [0.15, 0.2) is 11.5 Å². The fraction of sp³-hybridized carbons (Fsp3) is 0.455. The smallest absolute Gasteiger partial charge is 0.180 e. The maximum atomic E-state index is 13.1. The molecule has 2 aromatic rings. The Balaban J connectivity index is 1.62. The summed E-state index contributed by atoms with van der Waals surface area (Å²) in [4.78, 5) is 0. The van der Waals surface area contributed by atoms with Crippen LogP contribution in [0.2, 0.25) is 5.02 Å². The first-order chi connectivity index (χ1) is 13.7. The van der Waals surface area contributed by atoms with E-state index in [9.17, 15) is 4.39 Å². The predicted molar refractivity (Wildman–Crippen MR) is 111 cm³/mol. The van der Waals surface area contributed by atoms with Gasteiger partial charge in [0.25, 0.3) is 0 Å². The lowest BCUT2D eigenvalue weighted by molar-refractivity contribution is 0.269. The van der Waals surface area contributed by atoms with E-state index in [-0.39, 0.29) is 5.82 Å². The van der Waals surface area contributed by atoms with Crippen LogP contribution in [0.15, 0.2) is 36.4 Å². The van der Waals surface area contributed by atoms with Crippen LogP contribution in [-0.2, 0) is 13.2 Å². The van der Waals surface area contributed by atoms with Crippen LogP contribution >= 0.6 is 11.6 Å². The Morgan fingerprint density at radius 3 is 2.57 bits per heavy atom. The number of hydrogen-bond donors (Lipinski definition) is 2. The van der Waals surface area contributed by atoms with Crippen LogP contribution < -0.4 is 20.1 Å². The van der Waals surface area contributed by atoms with Crippen molar-refractivity contribution in [3.05, 3.63) is 58.4 Å². The molecule has 0 radical (unpaired) electrons. The topological polar surface area (TPSA) is 42.5 Å². The average molecular weight is 407 g/mol. The number of benzene rings is 2. The highest BCUT2D eigenvalue weighted by Gasteiger charge is 2.15. The largest absolute Gasteiger partial charge is 0.490 e. The lowest BCUT2D eigenvalue weighted by Gasteiger charge is -2.23. The van der Waals surface area contributed by atoms with E-state index in [0.717, 1.165) is 43.2 Å². The highest BCUT2D eigenvalue weighted by Crippen LogP contribution is 2.37. The van der Waals surface area contributed by atoms with Gasteiger partial charge in [-0.2, -0.15) is 0 Å². The lowest BCUT2D eigenvalue weighted by Crippen LogP contribution is -2.33. The van der Waals surface area contributed by atoms with E-state index in [2.05, 4.69) is 10.6 Å². The molecule has 1 saturated heterocycles. The summed E-state index contributed by atoms with van der Waals surface area (Å²) in [6.07, 6.45) is 2.43. The van der Waals surface area contributed by atoms with Gasteiger partial charge in [-0.15, -0.1) is 0 Å². The zero-order valence-electron chi connectivity index (χ0n) is 16.3. The molecule has 0 aliphatic carbocycles. The van der Waals surface area contributed by atoms with E-state index in [4.69, 9.17) is 21.1 Å². The summed E-state index contributed by atoms with van der Waals surface area (Å²) in [7, 11) is 0. The van der Waals surface area contributed by atoms with Crippen molar-refractivity contribution in [2.75, 3.05) is 26.2 Å². The molecule has 3 rings (SSSR count). The maximum absolute atomic E-state index is 13.1. The maximum Gasteiger partial charge on any atom is 0.180 e. The zero-order valence-corrected chi connectivity index (χ0v) is 17.0. The normalized spacial score (nSPS) is 14.8. The van der Waals surface area contributed by atoms with Gasteiger partial charge in [0.2, 0.25) is 0 Å². The molecular formula is C22H28ClFN2O2. The summed E-state index contributed by atoms with van der Waals surface area (Å²) in [6.45, 7) is 6.70. The fourth-order valence-corrected chi connectivity index (χ4v) is 3.66. The molecule has 1 heterocycles. The molecule has 6 heteroatoms. The van der Waals surface area contributed by atoms with E-state index in [1.165, 1.54) is 25.0 Å². The molecule has 1 fully saturated rings. The van der Waals surface area contributed by atoms with Crippen LogP contribution in [0.4, 0.5) is 4.39 Å². The molecule has 0 aromatic heterocycles. The number of hydrogen-bond acceptors (Lipinski definition) is 4. The Kier molecular flexibility index (Phi) is 7.95. The molecule has 0 spiro atoms. The molecule has 0 saturated carbocycles. The second-order valence-electron chi connectivity index (χ2n) is 7.08. The molecule has 2 N–H and O–H groups in total. The van der Waals surface area contributed by atoms with Gasteiger partial charge in [0.1, 0.15) is 12.4 Å². The summed E-state index contributed by atoms with van der Waals surface area (Å²) in [5, 5.41) is 7.44. The van der Waals surface area contributed by atoms with E-state index in [1.54, 1.807) is 12.1 Å². The number of rotatable bonds is 9. The third-order valence-corrected chi connectivity index (χ3v) is 5.17. The molecule has 152 valence electrons. The van der Waals surface area contributed by atoms with Crippen LogP contribution in [0.25, 0.3) is 0 Å². The van der Waals surface area contributed by atoms with Crippen molar-refractivity contribution >= 4 is 11.6 Å².